The molecule has 0 aliphatic rings. The first-order valence-electron chi connectivity index (χ1n) is 5.88. The molecule has 1 N–H and O–H groups in total. The summed E-state index contributed by atoms with van der Waals surface area (Å²) in [6.07, 6.45) is 0. The average molecular weight is 283 g/mol. The lowest BCUT2D eigenvalue weighted by Gasteiger charge is -2.19. The van der Waals surface area contributed by atoms with Gasteiger partial charge < -0.3 is 5.32 Å². The van der Waals surface area contributed by atoms with E-state index < -0.39 is 11.6 Å². The van der Waals surface area contributed by atoms with Crippen molar-refractivity contribution in [3.63, 3.8) is 0 Å². The highest BCUT2D eigenvalue weighted by atomic mass is 32.1. The Balaban J connectivity index is 2.26. The minimum absolute atomic E-state index is 0.0324. The van der Waals surface area contributed by atoms with Crippen molar-refractivity contribution < 1.29 is 8.78 Å². The second-order valence-corrected chi connectivity index (χ2v) is 6.12. The molecule has 3 nitrogen and oxygen atoms in total. The van der Waals surface area contributed by atoms with Crippen molar-refractivity contribution in [1.82, 2.24) is 14.9 Å². The van der Waals surface area contributed by atoms with Crippen molar-refractivity contribution in [1.29, 1.82) is 0 Å². The molecule has 0 spiro atoms. The number of nitrogens with zero attached hydrogens (tertiary/aromatic N) is 2. The minimum atomic E-state index is -0.875. The Hall–Kier alpha value is -1.40. The van der Waals surface area contributed by atoms with Gasteiger partial charge in [0.15, 0.2) is 11.6 Å². The molecule has 0 aliphatic heterocycles. The summed E-state index contributed by atoms with van der Waals surface area (Å²) in [4.78, 5) is 0.904. The van der Waals surface area contributed by atoms with Gasteiger partial charge in [-0.25, -0.2) is 8.78 Å². The van der Waals surface area contributed by atoms with Crippen LogP contribution in [0.3, 0.4) is 0 Å². The van der Waals surface area contributed by atoms with Crippen LogP contribution < -0.4 is 5.32 Å². The zero-order valence-corrected chi connectivity index (χ0v) is 11.8. The van der Waals surface area contributed by atoms with Crippen LogP contribution in [-0.4, -0.2) is 15.1 Å². The van der Waals surface area contributed by atoms with Crippen molar-refractivity contribution in [2.75, 3.05) is 0 Å². The Bertz CT molecular complexity index is 576. The second-order valence-electron chi connectivity index (χ2n) is 5.28. The predicted molar refractivity (Wildman–Crippen MR) is 71.9 cm³/mol. The number of hydrogen-bond donors (Lipinski definition) is 1. The first-order chi connectivity index (χ1) is 8.87. The van der Waals surface area contributed by atoms with Crippen molar-refractivity contribution in [2.24, 2.45) is 0 Å². The Morgan fingerprint density at radius 2 is 1.95 bits per heavy atom. The van der Waals surface area contributed by atoms with E-state index in [4.69, 9.17) is 0 Å². The van der Waals surface area contributed by atoms with E-state index in [0.29, 0.717) is 17.8 Å². The maximum absolute atomic E-state index is 13.2. The average Bonchev–Trinajstić information content (AvgIpc) is 2.77. The molecule has 1 heterocycles. The summed E-state index contributed by atoms with van der Waals surface area (Å²) in [6, 6.07) is 3.76. The number of halogens is 2. The predicted octanol–water partition coefficient (Wildman–Crippen LogP) is 3.37. The number of rotatable bonds is 3. The summed E-state index contributed by atoms with van der Waals surface area (Å²) in [5.41, 5.74) is 1.11. The van der Waals surface area contributed by atoms with E-state index in [1.807, 2.05) is 0 Å². The molecule has 0 unspecified atom stereocenters. The van der Waals surface area contributed by atoms with Crippen molar-refractivity contribution in [3.8, 4) is 11.3 Å². The maximum Gasteiger partial charge on any atom is 0.159 e. The first-order valence-corrected chi connectivity index (χ1v) is 6.66. The molecule has 0 atom stereocenters. The van der Waals surface area contributed by atoms with Gasteiger partial charge in [0.1, 0.15) is 5.69 Å². The molecular formula is C13H15F2N3S. The van der Waals surface area contributed by atoms with E-state index in [1.54, 1.807) is 0 Å². The highest BCUT2D eigenvalue weighted by Gasteiger charge is 2.15. The standard InChI is InChI=1S/C13H15F2N3S/c1-13(2,3)16-7-11-12(17-18-19-11)8-4-5-9(14)10(15)6-8/h4-6,16H,7H2,1-3H3. The molecule has 0 fully saturated rings. The maximum atomic E-state index is 13.2. The Labute approximate surface area is 114 Å². The normalized spacial score (nSPS) is 11.8. The molecule has 0 bridgehead atoms. The van der Waals surface area contributed by atoms with Crippen LogP contribution in [0.15, 0.2) is 18.2 Å². The van der Waals surface area contributed by atoms with Gasteiger partial charge in [-0.3, -0.25) is 0 Å². The lowest BCUT2D eigenvalue weighted by atomic mass is 10.1. The topological polar surface area (TPSA) is 37.8 Å². The number of benzene rings is 1. The molecule has 0 saturated carbocycles. The molecule has 2 aromatic rings. The third kappa shape index (κ3) is 3.54. The summed E-state index contributed by atoms with van der Waals surface area (Å²) in [7, 11) is 0. The highest BCUT2D eigenvalue weighted by molar-refractivity contribution is 7.05. The van der Waals surface area contributed by atoms with Gasteiger partial charge in [-0.15, -0.1) is 5.10 Å². The lowest BCUT2D eigenvalue weighted by Crippen LogP contribution is -2.34. The van der Waals surface area contributed by atoms with Gasteiger partial charge in [0.05, 0.1) is 4.88 Å². The van der Waals surface area contributed by atoms with E-state index in [-0.39, 0.29) is 5.54 Å². The summed E-state index contributed by atoms with van der Waals surface area (Å²) in [5.74, 6) is -1.73. The van der Waals surface area contributed by atoms with E-state index in [9.17, 15) is 8.78 Å². The molecule has 0 aliphatic carbocycles. The Morgan fingerprint density at radius 3 is 2.58 bits per heavy atom. The molecule has 6 heteroatoms. The Morgan fingerprint density at radius 1 is 1.21 bits per heavy atom. The number of aromatic nitrogens is 2. The fourth-order valence-corrected chi connectivity index (χ4v) is 2.14. The molecule has 0 radical (unpaired) electrons. The molecule has 2 rings (SSSR count). The van der Waals surface area contributed by atoms with Crippen LogP contribution in [0.5, 0.6) is 0 Å². The molecular weight excluding hydrogens is 268 g/mol. The summed E-state index contributed by atoms with van der Waals surface area (Å²) < 4.78 is 30.1. The third-order valence-corrected chi connectivity index (χ3v) is 3.25. The van der Waals surface area contributed by atoms with E-state index in [2.05, 4.69) is 35.7 Å². The summed E-state index contributed by atoms with van der Waals surface area (Å²) in [5, 5.41) is 7.32. The summed E-state index contributed by atoms with van der Waals surface area (Å²) >= 11 is 1.26. The van der Waals surface area contributed by atoms with Gasteiger partial charge >= 0.3 is 0 Å². The monoisotopic (exact) mass is 283 g/mol. The zero-order valence-electron chi connectivity index (χ0n) is 11.0. The van der Waals surface area contributed by atoms with Gasteiger partial charge in [0, 0.05) is 17.6 Å². The van der Waals surface area contributed by atoms with Gasteiger partial charge in [-0.05, 0) is 50.5 Å². The molecule has 1 aromatic heterocycles. The van der Waals surface area contributed by atoms with E-state index in [0.717, 1.165) is 17.0 Å². The molecule has 0 amide bonds. The zero-order chi connectivity index (χ0) is 14.0. The van der Waals surface area contributed by atoms with Crippen LogP contribution in [0.1, 0.15) is 25.6 Å². The van der Waals surface area contributed by atoms with Crippen LogP contribution in [0.25, 0.3) is 11.3 Å². The van der Waals surface area contributed by atoms with Crippen LogP contribution in [0.4, 0.5) is 8.78 Å². The molecule has 1 aromatic carbocycles. The van der Waals surface area contributed by atoms with Gasteiger partial charge in [-0.1, -0.05) is 4.49 Å². The minimum Gasteiger partial charge on any atom is -0.307 e. The smallest absolute Gasteiger partial charge is 0.159 e. The second kappa shape index (κ2) is 5.30. The first kappa shape index (κ1) is 14.0. The van der Waals surface area contributed by atoms with Gasteiger partial charge in [0.25, 0.3) is 0 Å². The van der Waals surface area contributed by atoms with Gasteiger partial charge in [0.2, 0.25) is 0 Å². The van der Waals surface area contributed by atoms with Crippen LogP contribution in [-0.2, 0) is 6.54 Å². The highest BCUT2D eigenvalue weighted by Crippen LogP contribution is 2.25. The van der Waals surface area contributed by atoms with Crippen molar-refractivity contribution in [3.05, 3.63) is 34.7 Å². The quantitative estimate of drug-likeness (QED) is 0.938. The third-order valence-electron chi connectivity index (χ3n) is 2.53. The largest absolute Gasteiger partial charge is 0.307 e. The van der Waals surface area contributed by atoms with Gasteiger partial charge in [-0.2, -0.15) is 0 Å². The van der Waals surface area contributed by atoms with Crippen LogP contribution in [0, 0.1) is 11.6 Å². The van der Waals surface area contributed by atoms with Crippen LogP contribution >= 0.6 is 11.5 Å². The molecule has 102 valence electrons. The fourth-order valence-electron chi connectivity index (χ4n) is 1.53. The van der Waals surface area contributed by atoms with Crippen molar-refractivity contribution in [2.45, 2.75) is 32.9 Å². The number of hydrogen-bond acceptors (Lipinski definition) is 4. The number of nitrogens with one attached hydrogen (secondary N) is 1. The SMILES string of the molecule is CC(C)(C)NCc1snnc1-c1ccc(F)c(F)c1. The van der Waals surface area contributed by atoms with Crippen molar-refractivity contribution >= 4 is 11.5 Å². The molecule has 0 saturated heterocycles. The van der Waals surface area contributed by atoms with E-state index >= 15 is 0 Å². The fraction of sp³-hybridized carbons (Fsp3) is 0.385. The Kier molecular flexibility index (Phi) is 3.91. The summed E-state index contributed by atoms with van der Waals surface area (Å²) in [6.45, 7) is 6.76. The lowest BCUT2D eigenvalue weighted by molar-refractivity contribution is 0.426. The van der Waals surface area contributed by atoms with E-state index in [1.165, 1.54) is 17.6 Å². The molecule has 19 heavy (non-hydrogen) atoms. The van der Waals surface area contributed by atoms with Crippen LogP contribution in [0.2, 0.25) is 0 Å².